The monoisotopic (exact) mass is 470 g/mol. The third-order valence-corrected chi connectivity index (χ3v) is 5.20. The van der Waals surface area contributed by atoms with Crippen LogP contribution in [0, 0.1) is 5.82 Å². The predicted octanol–water partition coefficient (Wildman–Crippen LogP) is 4.27. The lowest BCUT2D eigenvalue weighted by Crippen LogP contribution is -2.54. The molecule has 0 bridgehead atoms. The number of carboxylic acids is 1. The van der Waals surface area contributed by atoms with E-state index in [1.807, 2.05) is 0 Å². The molecule has 0 saturated carbocycles. The van der Waals surface area contributed by atoms with Crippen LogP contribution in [0.3, 0.4) is 0 Å². The smallest absolute Gasteiger partial charge is 0.335 e. The van der Waals surface area contributed by atoms with Crippen LogP contribution in [-0.2, 0) is 9.59 Å². The van der Waals surface area contributed by atoms with E-state index in [9.17, 15) is 23.9 Å². The zero-order valence-corrected chi connectivity index (χ0v) is 17.5. The average molecular weight is 471 g/mol. The van der Waals surface area contributed by atoms with Gasteiger partial charge in [0.15, 0.2) is 5.11 Å². The van der Waals surface area contributed by atoms with Gasteiger partial charge in [-0.15, -0.1) is 0 Å². The summed E-state index contributed by atoms with van der Waals surface area (Å²) in [6.07, 6.45) is 1.19. The van der Waals surface area contributed by atoms with Gasteiger partial charge in [-0.05, 0) is 60.8 Å². The number of rotatable bonds is 4. The van der Waals surface area contributed by atoms with E-state index in [2.05, 4.69) is 5.32 Å². The Balaban J connectivity index is 1.71. The zero-order chi connectivity index (χ0) is 23.0. The van der Waals surface area contributed by atoms with Crippen molar-refractivity contribution in [3.8, 4) is 11.3 Å². The molecule has 1 aliphatic heterocycles. The van der Waals surface area contributed by atoms with Crippen molar-refractivity contribution in [1.29, 1.82) is 0 Å². The van der Waals surface area contributed by atoms with E-state index >= 15 is 0 Å². The minimum atomic E-state index is -1.13. The Kier molecular flexibility index (Phi) is 5.60. The molecule has 0 atom stereocenters. The molecule has 10 heteroatoms. The highest BCUT2D eigenvalue weighted by molar-refractivity contribution is 7.80. The van der Waals surface area contributed by atoms with Gasteiger partial charge < -0.3 is 9.52 Å². The highest BCUT2D eigenvalue weighted by Crippen LogP contribution is 2.32. The number of para-hydroxylation sites is 1. The molecule has 3 aromatic rings. The molecule has 1 fully saturated rings. The zero-order valence-electron chi connectivity index (χ0n) is 16.0. The normalized spacial score (nSPS) is 15.2. The molecule has 4 rings (SSSR count). The summed E-state index contributed by atoms with van der Waals surface area (Å²) >= 11 is 11.2. The second-order valence-corrected chi connectivity index (χ2v) is 7.40. The van der Waals surface area contributed by atoms with E-state index in [0.717, 1.165) is 4.90 Å². The molecular formula is C22H12ClFN2O5S. The van der Waals surface area contributed by atoms with Gasteiger partial charge in [0.2, 0.25) is 0 Å². The van der Waals surface area contributed by atoms with Gasteiger partial charge in [-0.2, -0.15) is 0 Å². The second-order valence-electron chi connectivity index (χ2n) is 6.61. The van der Waals surface area contributed by atoms with Crippen LogP contribution < -0.4 is 10.2 Å². The van der Waals surface area contributed by atoms with Crippen LogP contribution in [0.5, 0.6) is 0 Å². The average Bonchev–Trinajstić information content (AvgIpc) is 3.21. The maximum Gasteiger partial charge on any atom is 0.335 e. The summed E-state index contributed by atoms with van der Waals surface area (Å²) in [6.45, 7) is 0. The molecule has 7 nitrogen and oxygen atoms in total. The number of hydrogen-bond donors (Lipinski definition) is 2. The Labute approximate surface area is 190 Å². The van der Waals surface area contributed by atoms with Crippen molar-refractivity contribution in [3.05, 3.63) is 82.3 Å². The summed E-state index contributed by atoms with van der Waals surface area (Å²) in [5.74, 6) is -3.06. The molecule has 32 heavy (non-hydrogen) atoms. The minimum Gasteiger partial charge on any atom is -0.478 e. The summed E-state index contributed by atoms with van der Waals surface area (Å²) < 4.78 is 19.9. The van der Waals surface area contributed by atoms with E-state index in [1.54, 1.807) is 0 Å². The summed E-state index contributed by atoms with van der Waals surface area (Å²) in [5.41, 5.74) is -0.0969. The standard InChI is InChI=1S/C22H12ClFN2O5S/c23-15-7-5-11(21(29)30)9-13(15)18-8-6-12(31-18)10-14-19(27)25-22(32)26(20(14)28)17-4-2-1-3-16(17)24/h1-10H,(H,29,30)(H,25,27,32)/b14-10+. The number of carbonyl (C=O) groups excluding carboxylic acids is 2. The number of aromatic carboxylic acids is 1. The van der Waals surface area contributed by atoms with Crippen molar-refractivity contribution in [1.82, 2.24) is 5.32 Å². The molecule has 0 spiro atoms. The first kappa shape index (κ1) is 21.4. The van der Waals surface area contributed by atoms with Crippen LogP contribution in [-0.4, -0.2) is 28.0 Å². The van der Waals surface area contributed by atoms with E-state index in [-0.39, 0.29) is 38.5 Å². The number of nitrogens with one attached hydrogen (secondary N) is 1. The lowest BCUT2D eigenvalue weighted by molar-refractivity contribution is -0.122. The molecule has 2 aromatic carbocycles. The van der Waals surface area contributed by atoms with Crippen molar-refractivity contribution in [2.24, 2.45) is 0 Å². The van der Waals surface area contributed by atoms with Crippen molar-refractivity contribution in [2.75, 3.05) is 4.90 Å². The van der Waals surface area contributed by atoms with E-state index in [4.69, 9.17) is 28.2 Å². The maximum atomic E-state index is 14.2. The minimum absolute atomic E-state index is 0.0107. The molecule has 2 amide bonds. The van der Waals surface area contributed by atoms with Crippen LogP contribution in [0.1, 0.15) is 16.1 Å². The quantitative estimate of drug-likeness (QED) is 0.335. The van der Waals surface area contributed by atoms with Crippen molar-refractivity contribution < 1.29 is 28.3 Å². The third kappa shape index (κ3) is 3.91. The number of amides is 2. The molecule has 1 aromatic heterocycles. The molecule has 2 heterocycles. The highest BCUT2D eigenvalue weighted by atomic mass is 35.5. The first-order valence-electron chi connectivity index (χ1n) is 9.05. The fourth-order valence-corrected chi connectivity index (χ4v) is 3.56. The van der Waals surface area contributed by atoms with Gasteiger partial charge in [0, 0.05) is 5.56 Å². The number of thiocarbonyl (C=S) groups is 1. The predicted molar refractivity (Wildman–Crippen MR) is 119 cm³/mol. The van der Waals surface area contributed by atoms with Gasteiger partial charge in [0.25, 0.3) is 11.8 Å². The molecule has 2 N–H and O–H groups in total. The Morgan fingerprint density at radius 2 is 1.91 bits per heavy atom. The molecule has 0 radical (unpaired) electrons. The molecule has 0 aliphatic carbocycles. The van der Waals surface area contributed by atoms with Crippen LogP contribution in [0.4, 0.5) is 10.1 Å². The van der Waals surface area contributed by atoms with Gasteiger partial charge in [0.1, 0.15) is 22.9 Å². The first-order valence-corrected chi connectivity index (χ1v) is 9.84. The Morgan fingerprint density at radius 3 is 2.62 bits per heavy atom. The van der Waals surface area contributed by atoms with E-state index < -0.39 is 23.6 Å². The molecule has 1 aliphatic rings. The second kappa shape index (κ2) is 8.37. The Morgan fingerprint density at radius 1 is 1.16 bits per heavy atom. The van der Waals surface area contributed by atoms with Gasteiger partial charge in [-0.1, -0.05) is 23.7 Å². The SMILES string of the molecule is O=C1NC(=S)N(c2ccccc2F)C(=O)/C1=C/c1ccc(-c2cc(C(=O)O)ccc2Cl)o1. The number of halogens is 2. The molecule has 160 valence electrons. The summed E-state index contributed by atoms with van der Waals surface area (Å²) in [5, 5.41) is 11.5. The maximum absolute atomic E-state index is 14.2. The summed E-state index contributed by atoms with van der Waals surface area (Å²) in [7, 11) is 0. The van der Waals surface area contributed by atoms with Crippen LogP contribution in [0.25, 0.3) is 17.4 Å². The fraction of sp³-hybridized carbons (Fsp3) is 0. The number of carboxylic acid groups (broad SMARTS) is 1. The van der Waals surface area contributed by atoms with Crippen LogP contribution in [0.2, 0.25) is 5.02 Å². The van der Waals surface area contributed by atoms with Crippen molar-refractivity contribution in [2.45, 2.75) is 0 Å². The van der Waals surface area contributed by atoms with Gasteiger partial charge in [0.05, 0.1) is 16.3 Å². The molecule has 1 saturated heterocycles. The van der Waals surface area contributed by atoms with Crippen LogP contribution in [0.15, 0.2) is 64.6 Å². The van der Waals surface area contributed by atoms with Gasteiger partial charge in [-0.25, -0.2) is 14.1 Å². The number of furan rings is 1. The van der Waals surface area contributed by atoms with Crippen molar-refractivity contribution >= 4 is 58.5 Å². The Bertz CT molecular complexity index is 1330. The molecule has 0 unspecified atom stereocenters. The summed E-state index contributed by atoms with van der Waals surface area (Å²) in [4.78, 5) is 37.5. The van der Waals surface area contributed by atoms with E-state index in [0.29, 0.717) is 5.56 Å². The molecular weight excluding hydrogens is 459 g/mol. The number of anilines is 1. The van der Waals surface area contributed by atoms with Gasteiger partial charge >= 0.3 is 5.97 Å². The summed E-state index contributed by atoms with van der Waals surface area (Å²) in [6, 6.07) is 12.6. The number of benzene rings is 2. The first-order chi connectivity index (χ1) is 15.3. The highest BCUT2D eigenvalue weighted by Gasteiger charge is 2.35. The topological polar surface area (TPSA) is 99.9 Å². The number of nitrogens with zero attached hydrogens (tertiary/aromatic N) is 1. The fourth-order valence-electron chi connectivity index (χ4n) is 3.07. The Hall–Kier alpha value is -3.82. The lowest BCUT2D eigenvalue weighted by Gasteiger charge is -2.28. The third-order valence-electron chi connectivity index (χ3n) is 4.59. The number of hydrogen-bond acceptors (Lipinski definition) is 5. The van der Waals surface area contributed by atoms with Crippen LogP contribution >= 0.6 is 23.8 Å². The van der Waals surface area contributed by atoms with Crippen molar-refractivity contribution in [3.63, 3.8) is 0 Å². The number of carbonyl (C=O) groups is 3. The van der Waals surface area contributed by atoms with E-state index in [1.165, 1.54) is 60.7 Å². The lowest BCUT2D eigenvalue weighted by atomic mass is 10.1. The van der Waals surface area contributed by atoms with Gasteiger partial charge in [-0.3, -0.25) is 14.9 Å². The largest absolute Gasteiger partial charge is 0.478 e.